The van der Waals surface area contributed by atoms with E-state index in [2.05, 4.69) is 10.6 Å². The summed E-state index contributed by atoms with van der Waals surface area (Å²) >= 11 is 0. The van der Waals surface area contributed by atoms with Crippen LogP contribution in [0, 0.1) is 0 Å². The summed E-state index contributed by atoms with van der Waals surface area (Å²) in [7, 11) is 6.34. The Morgan fingerprint density at radius 2 is 1.59 bits per heavy atom. The van der Waals surface area contributed by atoms with Gasteiger partial charge in [0.15, 0.2) is 11.5 Å². The van der Waals surface area contributed by atoms with Gasteiger partial charge in [-0.25, -0.2) is 0 Å². The molecule has 0 saturated carbocycles. The summed E-state index contributed by atoms with van der Waals surface area (Å²) in [6.45, 7) is 1.16. The van der Waals surface area contributed by atoms with E-state index in [-0.39, 0.29) is 5.91 Å². The zero-order valence-corrected chi connectivity index (χ0v) is 16.1. The number of benzene rings is 2. The van der Waals surface area contributed by atoms with Crippen molar-refractivity contribution < 1.29 is 23.7 Å². The number of methoxy groups -OCH3 is 4. The van der Waals surface area contributed by atoms with Crippen molar-refractivity contribution in [1.82, 2.24) is 5.32 Å². The van der Waals surface area contributed by atoms with Gasteiger partial charge in [0.05, 0.1) is 34.1 Å². The van der Waals surface area contributed by atoms with Gasteiger partial charge in [0, 0.05) is 25.6 Å². The largest absolute Gasteiger partial charge is 0.497 e. The zero-order chi connectivity index (χ0) is 19.6. The highest BCUT2D eigenvalue weighted by Crippen LogP contribution is 2.29. The first-order valence-electron chi connectivity index (χ1n) is 8.54. The number of hydrogen-bond donors (Lipinski definition) is 2. The summed E-state index contributed by atoms with van der Waals surface area (Å²) in [5.41, 5.74) is 1.66. The first-order chi connectivity index (χ1) is 13.1. The first-order valence-corrected chi connectivity index (χ1v) is 8.54. The number of anilines is 1. The Balaban J connectivity index is 1.81. The summed E-state index contributed by atoms with van der Waals surface area (Å²) in [6, 6.07) is 11.0. The van der Waals surface area contributed by atoms with E-state index in [4.69, 9.17) is 18.9 Å². The quantitative estimate of drug-likeness (QED) is 0.623. The third kappa shape index (κ3) is 5.79. The van der Waals surface area contributed by atoms with Gasteiger partial charge in [-0.2, -0.15) is 0 Å². The van der Waals surface area contributed by atoms with Crippen molar-refractivity contribution in [3.8, 4) is 23.0 Å². The number of ether oxygens (including phenoxy) is 4. The molecule has 0 fully saturated rings. The van der Waals surface area contributed by atoms with E-state index >= 15 is 0 Å². The minimum atomic E-state index is -0.0988. The van der Waals surface area contributed by atoms with Gasteiger partial charge >= 0.3 is 0 Å². The summed E-state index contributed by atoms with van der Waals surface area (Å²) < 4.78 is 20.9. The maximum atomic E-state index is 12.2. The molecule has 0 atom stereocenters. The lowest BCUT2D eigenvalue weighted by Gasteiger charge is -2.12. The van der Waals surface area contributed by atoms with Gasteiger partial charge in [0.2, 0.25) is 5.91 Å². The van der Waals surface area contributed by atoms with Gasteiger partial charge in [-0.3, -0.25) is 4.79 Å². The lowest BCUT2D eigenvalue weighted by Crippen LogP contribution is -2.21. The van der Waals surface area contributed by atoms with Gasteiger partial charge < -0.3 is 29.6 Å². The van der Waals surface area contributed by atoms with Crippen molar-refractivity contribution in [3.05, 3.63) is 42.0 Å². The average molecular weight is 374 g/mol. The molecule has 0 saturated heterocycles. The Bertz CT molecular complexity index is 764. The van der Waals surface area contributed by atoms with E-state index in [1.165, 1.54) is 0 Å². The second-order valence-electron chi connectivity index (χ2n) is 5.73. The van der Waals surface area contributed by atoms with Crippen LogP contribution in [-0.2, 0) is 11.3 Å². The number of hydrogen-bond acceptors (Lipinski definition) is 6. The van der Waals surface area contributed by atoms with Crippen molar-refractivity contribution >= 4 is 11.6 Å². The molecule has 0 aliphatic carbocycles. The highest BCUT2D eigenvalue weighted by molar-refractivity contribution is 5.92. The Labute approximate surface area is 159 Å². The zero-order valence-electron chi connectivity index (χ0n) is 16.1. The summed E-state index contributed by atoms with van der Waals surface area (Å²) in [6.07, 6.45) is 0.336. The molecule has 0 aromatic heterocycles. The minimum absolute atomic E-state index is 0.0988. The Morgan fingerprint density at radius 3 is 2.26 bits per heavy atom. The Morgan fingerprint density at radius 1 is 0.852 bits per heavy atom. The number of amides is 1. The van der Waals surface area contributed by atoms with Crippen molar-refractivity contribution in [1.29, 1.82) is 0 Å². The molecule has 7 heteroatoms. The molecule has 2 aromatic carbocycles. The molecule has 0 heterocycles. The van der Waals surface area contributed by atoms with E-state index in [1.807, 2.05) is 18.2 Å². The molecule has 146 valence electrons. The van der Waals surface area contributed by atoms with Crippen LogP contribution < -0.4 is 29.6 Å². The minimum Gasteiger partial charge on any atom is -0.497 e. The van der Waals surface area contributed by atoms with Gasteiger partial charge in [0.25, 0.3) is 0 Å². The second-order valence-corrected chi connectivity index (χ2v) is 5.73. The summed E-state index contributed by atoms with van der Waals surface area (Å²) in [4.78, 5) is 12.2. The topological polar surface area (TPSA) is 78.1 Å². The van der Waals surface area contributed by atoms with Crippen LogP contribution >= 0.6 is 0 Å². The molecule has 27 heavy (non-hydrogen) atoms. The molecule has 7 nitrogen and oxygen atoms in total. The third-order valence-corrected chi connectivity index (χ3v) is 3.99. The van der Waals surface area contributed by atoms with Gasteiger partial charge in [-0.05, 0) is 29.8 Å². The third-order valence-electron chi connectivity index (χ3n) is 3.99. The molecular formula is C20H26N2O5. The SMILES string of the molecule is COc1ccc(NC(=O)CCNCc2ccc(OC)c(OC)c2)c(OC)c1. The smallest absolute Gasteiger partial charge is 0.225 e. The van der Waals surface area contributed by atoms with Gasteiger partial charge in [-0.15, -0.1) is 0 Å². The lowest BCUT2D eigenvalue weighted by molar-refractivity contribution is -0.116. The first kappa shape index (κ1) is 20.4. The monoisotopic (exact) mass is 374 g/mol. The van der Waals surface area contributed by atoms with Gasteiger partial charge in [0.1, 0.15) is 11.5 Å². The normalized spacial score (nSPS) is 10.2. The number of carbonyl (C=O) groups excluding carboxylic acids is 1. The number of rotatable bonds is 10. The van der Waals surface area contributed by atoms with E-state index < -0.39 is 0 Å². The molecule has 0 aliphatic rings. The molecule has 0 unspecified atom stereocenters. The molecule has 0 aliphatic heterocycles. The molecule has 0 radical (unpaired) electrons. The average Bonchev–Trinajstić information content (AvgIpc) is 2.71. The maximum absolute atomic E-state index is 12.2. The van der Waals surface area contributed by atoms with Gasteiger partial charge in [-0.1, -0.05) is 6.07 Å². The van der Waals surface area contributed by atoms with Crippen LogP contribution in [0.2, 0.25) is 0 Å². The molecule has 0 bridgehead atoms. The Kier molecular flexibility index (Phi) is 7.76. The fourth-order valence-electron chi connectivity index (χ4n) is 2.54. The fourth-order valence-corrected chi connectivity index (χ4v) is 2.54. The number of carbonyl (C=O) groups is 1. The molecule has 0 spiro atoms. The van der Waals surface area contributed by atoms with Crippen molar-refractivity contribution in [2.75, 3.05) is 40.3 Å². The van der Waals surface area contributed by atoms with Crippen LogP contribution in [0.1, 0.15) is 12.0 Å². The molecule has 2 rings (SSSR count). The second kappa shape index (κ2) is 10.3. The molecule has 2 N–H and O–H groups in total. The van der Waals surface area contributed by atoms with Crippen molar-refractivity contribution in [2.24, 2.45) is 0 Å². The van der Waals surface area contributed by atoms with Crippen molar-refractivity contribution in [2.45, 2.75) is 13.0 Å². The predicted molar refractivity (Wildman–Crippen MR) is 104 cm³/mol. The summed E-state index contributed by atoms with van der Waals surface area (Å²) in [5.74, 6) is 2.50. The number of nitrogens with one attached hydrogen (secondary N) is 2. The predicted octanol–water partition coefficient (Wildman–Crippen LogP) is 2.84. The van der Waals surface area contributed by atoms with E-state index in [1.54, 1.807) is 46.6 Å². The van der Waals surface area contributed by atoms with Crippen LogP contribution in [0.15, 0.2) is 36.4 Å². The summed E-state index contributed by atoms with van der Waals surface area (Å²) in [5, 5.41) is 6.09. The molecule has 1 amide bonds. The van der Waals surface area contributed by atoms with Crippen LogP contribution in [0.3, 0.4) is 0 Å². The van der Waals surface area contributed by atoms with Crippen LogP contribution in [-0.4, -0.2) is 40.9 Å². The van der Waals surface area contributed by atoms with Crippen LogP contribution in [0.4, 0.5) is 5.69 Å². The lowest BCUT2D eigenvalue weighted by atomic mass is 10.2. The van der Waals surface area contributed by atoms with Crippen LogP contribution in [0.25, 0.3) is 0 Å². The molecular weight excluding hydrogens is 348 g/mol. The van der Waals surface area contributed by atoms with E-state index in [0.29, 0.717) is 48.2 Å². The standard InChI is InChI=1S/C20H26N2O5/c1-24-15-6-7-16(18(12-15)26-3)22-20(23)9-10-21-13-14-5-8-17(25-2)19(11-14)27-4/h5-8,11-12,21H,9-10,13H2,1-4H3,(H,22,23). The highest BCUT2D eigenvalue weighted by Gasteiger charge is 2.09. The van der Waals surface area contributed by atoms with E-state index in [0.717, 1.165) is 5.56 Å². The van der Waals surface area contributed by atoms with Crippen molar-refractivity contribution in [3.63, 3.8) is 0 Å². The molecule has 2 aromatic rings. The van der Waals surface area contributed by atoms with E-state index in [9.17, 15) is 4.79 Å². The maximum Gasteiger partial charge on any atom is 0.225 e. The van der Waals surface area contributed by atoms with Crippen LogP contribution in [0.5, 0.6) is 23.0 Å². The highest BCUT2D eigenvalue weighted by atomic mass is 16.5. The Hall–Kier alpha value is -2.93. The fraction of sp³-hybridized carbons (Fsp3) is 0.350.